The maximum absolute atomic E-state index is 4.01. The Bertz CT molecular complexity index is 698. The van der Waals surface area contributed by atoms with Gasteiger partial charge < -0.3 is 24.8 Å². The Morgan fingerprint density at radius 2 is 1.25 bits per heavy atom. The van der Waals surface area contributed by atoms with Crippen molar-refractivity contribution >= 4 is 3.81 Å². The topological polar surface area (TPSA) is 12.0 Å². The van der Waals surface area contributed by atoms with Crippen LogP contribution in [0.3, 0.4) is 0 Å². The van der Waals surface area contributed by atoms with Crippen LogP contribution in [0.25, 0.3) is 11.1 Å². The van der Waals surface area contributed by atoms with Crippen molar-refractivity contribution in [1.82, 2.24) is 3.80 Å². The number of hydrogen-bond donors (Lipinski definition) is 1. The molecule has 0 saturated carbocycles. The molecule has 0 amide bonds. The molecule has 0 fully saturated rings. The standard InChI is InChI=1S/C13H9.C4H10N.C3H6.2ClH.Ti/c1-3-7-12-10(5-1)9-11-6-2-4-8-13(11)12;1-4(2,3)5;1-3-2;;;/h1-9H;5H,1-3H3;1-2H3;2*1H;/q;-1;;;;+3/p-2. The van der Waals surface area contributed by atoms with Gasteiger partial charge in [-0.1, -0.05) is 0 Å². The maximum Gasteiger partial charge on any atom is -1.00 e. The van der Waals surface area contributed by atoms with Crippen LogP contribution in [0.4, 0.5) is 0 Å². The number of rotatable bonds is 2. The summed E-state index contributed by atoms with van der Waals surface area (Å²) in [6, 6.07) is 17.9. The van der Waals surface area contributed by atoms with Gasteiger partial charge in [-0.15, -0.1) is 0 Å². The zero-order chi connectivity index (χ0) is 15.9. The van der Waals surface area contributed by atoms with Crippen molar-refractivity contribution in [3.63, 3.8) is 0 Å². The van der Waals surface area contributed by atoms with Crippen LogP contribution in [-0.4, -0.2) is 9.35 Å². The fourth-order valence-electron chi connectivity index (χ4n) is 3.36. The normalized spacial score (nSPS) is 12.2. The Morgan fingerprint density at radius 1 is 0.833 bits per heavy atom. The van der Waals surface area contributed by atoms with E-state index in [9.17, 15) is 0 Å². The predicted octanol–water partition coefficient (Wildman–Crippen LogP) is -1.10. The van der Waals surface area contributed by atoms with Crippen molar-refractivity contribution < 1.29 is 42.5 Å². The van der Waals surface area contributed by atoms with Crippen LogP contribution in [0.15, 0.2) is 48.5 Å². The van der Waals surface area contributed by atoms with E-state index in [0.29, 0.717) is 4.22 Å². The molecule has 0 radical (unpaired) electrons. The first-order chi connectivity index (χ1) is 10.4. The van der Waals surface area contributed by atoms with E-state index < -0.39 is 17.7 Å². The van der Waals surface area contributed by atoms with Crippen molar-refractivity contribution in [2.45, 2.75) is 44.4 Å². The van der Waals surface area contributed by atoms with Crippen molar-refractivity contribution in [1.29, 1.82) is 0 Å². The second kappa shape index (κ2) is 8.30. The first-order valence-corrected chi connectivity index (χ1v) is 10.5. The van der Waals surface area contributed by atoms with E-state index in [0.717, 1.165) is 0 Å². The second-order valence-electron chi connectivity index (χ2n) is 7.40. The summed E-state index contributed by atoms with van der Waals surface area (Å²) in [6.45, 7) is 11.5. The molecule has 2 aromatic carbocycles. The Hall–Kier alpha value is -0.436. The Balaban J connectivity index is 0.00000144. The summed E-state index contributed by atoms with van der Waals surface area (Å²) < 4.78 is 6.18. The van der Waals surface area contributed by atoms with E-state index in [1.54, 1.807) is 3.81 Å². The minimum atomic E-state index is -1.62. The average molecular weight is 398 g/mol. The molecule has 3 rings (SSSR count). The second-order valence-corrected chi connectivity index (χ2v) is 11.5. The van der Waals surface area contributed by atoms with Crippen LogP contribution < -0.4 is 28.6 Å². The molecule has 0 saturated heterocycles. The van der Waals surface area contributed by atoms with Gasteiger partial charge >= 0.3 is 140 Å². The summed E-state index contributed by atoms with van der Waals surface area (Å²) >= 11 is -1.62. The molecule has 2 aromatic rings. The van der Waals surface area contributed by atoms with Crippen LogP contribution in [0.5, 0.6) is 0 Å². The third-order valence-corrected chi connectivity index (χ3v) is 9.32. The molecule has 0 spiro atoms. The molecule has 1 nitrogen and oxygen atoms in total. The molecule has 0 bridgehead atoms. The van der Waals surface area contributed by atoms with Gasteiger partial charge in [0, 0.05) is 0 Å². The summed E-state index contributed by atoms with van der Waals surface area (Å²) in [6.07, 6.45) is 0. The monoisotopic (exact) mass is 397 g/mol. The summed E-state index contributed by atoms with van der Waals surface area (Å²) in [5.41, 5.74) is 6.09. The van der Waals surface area contributed by atoms with Gasteiger partial charge in [-0.2, -0.15) is 0 Å². The van der Waals surface area contributed by atoms with E-state index in [-0.39, 0.29) is 30.4 Å². The van der Waals surface area contributed by atoms with E-state index in [1.165, 1.54) is 22.3 Å². The van der Waals surface area contributed by atoms with Gasteiger partial charge in [0.2, 0.25) is 0 Å². The molecular formula is C20H25Cl2NTi. The summed E-state index contributed by atoms with van der Waals surface area (Å²) in [5, 5.41) is 0. The minimum Gasteiger partial charge on any atom is -1.00 e. The van der Waals surface area contributed by atoms with Crippen molar-refractivity contribution in [2.24, 2.45) is 0 Å². The number of hydrogen-bond acceptors (Lipinski definition) is 1. The van der Waals surface area contributed by atoms with E-state index >= 15 is 0 Å². The smallest absolute Gasteiger partial charge is 1.00 e. The molecule has 0 atom stereocenters. The van der Waals surface area contributed by atoms with Crippen LogP contribution in [-0.2, 0) is 17.7 Å². The molecule has 0 unspecified atom stereocenters. The third-order valence-electron chi connectivity index (χ3n) is 4.17. The van der Waals surface area contributed by atoms with Crippen LogP contribution in [0.1, 0.15) is 50.0 Å². The minimum absolute atomic E-state index is 0. The number of halogens is 2. The molecule has 0 aromatic heterocycles. The zero-order valence-electron chi connectivity index (χ0n) is 15.0. The maximum atomic E-state index is 4.01. The largest absolute Gasteiger partial charge is 1.00 e. The number of fused-ring (bicyclic) bond motifs is 3. The fraction of sp³-hybridized carbons (Fsp3) is 0.350. The molecule has 1 N–H and O–H groups in total. The quantitative estimate of drug-likeness (QED) is 0.634. The number of nitrogens with one attached hydrogen (secondary N) is 1. The molecule has 1 aliphatic rings. The van der Waals surface area contributed by atoms with Gasteiger partial charge in [0.05, 0.1) is 0 Å². The molecule has 0 aliphatic heterocycles. The molecule has 128 valence electrons. The molecule has 24 heavy (non-hydrogen) atoms. The van der Waals surface area contributed by atoms with Gasteiger partial charge in [0.25, 0.3) is 0 Å². The average Bonchev–Trinajstić information content (AvgIpc) is 2.78. The van der Waals surface area contributed by atoms with Gasteiger partial charge in [0.15, 0.2) is 0 Å². The molecule has 0 heterocycles. The number of benzene rings is 2. The van der Waals surface area contributed by atoms with Crippen molar-refractivity contribution in [3.8, 4) is 11.1 Å². The van der Waals surface area contributed by atoms with Gasteiger partial charge in [-0.25, -0.2) is 0 Å². The van der Waals surface area contributed by atoms with E-state index in [2.05, 4.69) is 86.9 Å². The van der Waals surface area contributed by atoms with E-state index in [1.807, 2.05) is 0 Å². The fourth-order valence-corrected chi connectivity index (χ4v) is 7.89. The van der Waals surface area contributed by atoms with Gasteiger partial charge in [0.1, 0.15) is 0 Å². The van der Waals surface area contributed by atoms with Crippen LogP contribution in [0.2, 0.25) is 0 Å². The molecule has 1 aliphatic carbocycles. The van der Waals surface area contributed by atoms with E-state index in [4.69, 9.17) is 0 Å². The third kappa shape index (κ3) is 4.21. The van der Waals surface area contributed by atoms with Crippen molar-refractivity contribution in [2.75, 3.05) is 0 Å². The summed E-state index contributed by atoms with van der Waals surface area (Å²) in [5.74, 6) is 0. The van der Waals surface area contributed by atoms with Crippen molar-refractivity contribution in [3.05, 3.63) is 59.7 Å². The first kappa shape index (κ1) is 21.6. The van der Waals surface area contributed by atoms with Crippen LogP contribution >= 0.6 is 0 Å². The summed E-state index contributed by atoms with van der Waals surface area (Å²) in [7, 11) is 0. The SMILES string of the molecule is C[C](C)=[Ti+2]([NH]C(C)(C)C)[CH]1c2ccccc2-c2ccccc21.[Cl-].[Cl-]. The van der Waals surface area contributed by atoms with Gasteiger partial charge in [-0.05, 0) is 0 Å². The molecular weight excluding hydrogens is 373 g/mol. The Kier molecular flexibility index (Phi) is 7.47. The van der Waals surface area contributed by atoms with Gasteiger partial charge in [-0.3, -0.25) is 0 Å². The Morgan fingerprint density at radius 3 is 1.62 bits per heavy atom. The first-order valence-electron chi connectivity index (χ1n) is 8.02. The molecule has 4 heteroatoms. The Labute approximate surface area is 164 Å². The predicted molar refractivity (Wildman–Crippen MR) is 93.0 cm³/mol. The summed E-state index contributed by atoms with van der Waals surface area (Å²) in [4.78, 5) is 0. The van der Waals surface area contributed by atoms with Crippen LogP contribution in [0, 0.1) is 0 Å². The zero-order valence-corrected chi connectivity index (χ0v) is 18.0.